The molecule has 1 aromatic rings. The molecule has 1 aromatic carbocycles. The Morgan fingerprint density at radius 3 is 2.62 bits per heavy atom. The second kappa shape index (κ2) is 7.45. The van der Waals surface area contributed by atoms with Gasteiger partial charge < -0.3 is 10.2 Å². The van der Waals surface area contributed by atoms with Crippen molar-refractivity contribution in [3.05, 3.63) is 29.8 Å². The number of rotatable bonds is 3. The predicted molar refractivity (Wildman–Crippen MR) is 101 cm³/mol. The van der Waals surface area contributed by atoms with Gasteiger partial charge in [0.15, 0.2) is 0 Å². The van der Waals surface area contributed by atoms with Gasteiger partial charge in [-0.05, 0) is 62.7 Å². The van der Waals surface area contributed by atoms with Gasteiger partial charge in [-0.1, -0.05) is 31.0 Å². The van der Waals surface area contributed by atoms with Crippen LogP contribution in [0.2, 0.25) is 0 Å². The number of fused-ring (bicyclic) bond motifs is 2. The van der Waals surface area contributed by atoms with Crippen LogP contribution in [-0.4, -0.2) is 25.5 Å². The highest BCUT2D eigenvalue weighted by atomic mass is 35.5. The summed E-state index contributed by atoms with van der Waals surface area (Å²) in [6.45, 7) is 3.17. The molecule has 0 radical (unpaired) electrons. The van der Waals surface area contributed by atoms with E-state index >= 15 is 0 Å². The molecule has 1 spiro atoms. The second-order valence-corrected chi connectivity index (χ2v) is 7.72. The fourth-order valence-electron chi connectivity index (χ4n) is 4.97. The summed E-state index contributed by atoms with van der Waals surface area (Å²) in [7, 11) is 0. The molecule has 4 rings (SSSR count). The lowest BCUT2D eigenvalue weighted by Crippen LogP contribution is -2.36. The number of hydrogen-bond acceptors (Lipinski definition) is 2. The number of para-hydroxylation sites is 1. The van der Waals surface area contributed by atoms with Crippen LogP contribution in [0.1, 0.15) is 56.9 Å². The van der Waals surface area contributed by atoms with Gasteiger partial charge in [-0.3, -0.25) is 4.79 Å². The molecule has 3 nitrogen and oxygen atoms in total. The van der Waals surface area contributed by atoms with Gasteiger partial charge in [0.2, 0.25) is 5.91 Å². The third-order valence-electron chi connectivity index (χ3n) is 6.31. The van der Waals surface area contributed by atoms with E-state index in [2.05, 4.69) is 34.5 Å². The molecule has 1 saturated heterocycles. The van der Waals surface area contributed by atoms with E-state index in [9.17, 15) is 4.79 Å². The Labute approximate surface area is 151 Å². The fourth-order valence-corrected chi connectivity index (χ4v) is 4.97. The molecule has 0 unspecified atom stereocenters. The number of anilines is 1. The van der Waals surface area contributed by atoms with Crippen molar-refractivity contribution in [2.75, 3.05) is 24.5 Å². The number of benzene rings is 1. The summed E-state index contributed by atoms with van der Waals surface area (Å²) < 4.78 is 0. The van der Waals surface area contributed by atoms with Gasteiger partial charge in [-0.15, -0.1) is 12.4 Å². The van der Waals surface area contributed by atoms with Gasteiger partial charge in [0.05, 0.1) is 0 Å². The minimum absolute atomic E-state index is 0. The molecule has 0 bridgehead atoms. The standard InChI is InChI=1S/C20H28N2O.ClH/c23-19(8-7-16-9-13-21-14-10-16)22-15-20(11-3-4-12-20)17-5-1-2-6-18(17)22;/h1-2,5-6,16,21H,3-4,7-15H2;1H. The topological polar surface area (TPSA) is 32.3 Å². The van der Waals surface area contributed by atoms with Crippen LogP contribution >= 0.6 is 12.4 Å². The molecule has 132 valence electrons. The maximum atomic E-state index is 12.9. The Kier molecular flexibility index (Phi) is 5.51. The van der Waals surface area contributed by atoms with Crippen molar-refractivity contribution in [2.45, 2.75) is 56.8 Å². The number of nitrogens with one attached hydrogen (secondary N) is 1. The number of amides is 1. The average molecular weight is 349 g/mol. The first kappa shape index (κ1) is 17.8. The first-order chi connectivity index (χ1) is 11.3. The maximum Gasteiger partial charge on any atom is 0.227 e. The van der Waals surface area contributed by atoms with Gasteiger partial charge in [0.25, 0.3) is 0 Å². The average Bonchev–Trinajstić information content (AvgIpc) is 3.20. The van der Waals surface area contributed by atoms with E-state index in [1.165, 1.54) is 49.8 Å². The van der Waals surface area contributed by atoms with E-state index in [0.29, 0.717) is 5.91 Å². The normalized spacial score (nSPS) is 22.4. The molecule has 2 aliphatic heterocycles. The summed E-state index contributed by atoms with van der Waals surface area (Å²) in [5, 5.41) is 3.41. The monoisotopic (exact) mass is 348 g/mol. The Hall–Kier alpha value is -1.06. The molecule has 2 fully saturated rings. The van der Waals surface area contributed by atoms with Crippen molar-refractivity contribution in [1.82, 2.24) is 5.32 Å². The van der Waals surface area contributed by atoms with Crippen molar-refractivity contribution in [3.8, 4) is 0 Å². The SMILES string of the molecule is Cl.O=C(CCC1CCNCC1)N1CC2(CCCC2)c2ccccc21. The largest absolute Gasteiger partial charge is 0.317 e. The van der Waals surface area contributed by atoms with Crippen LogP contribution in [0.3, 0.4) is 0 Å². The molecule has 4 heteroatoms. The van der Waals surface area contributed by atoms with Crippen molar-refractivity contribution in [2.24, 2.45) is 5.92 Å². The molecule has 0 atom stereocenters. The number of halogens is 1. The summed E-state index contributed by atoms with van der Waals surface area (Å²) in [6, 6.07) is 8.65. The zero-order valence-electron chi connectivity index (χ0n) is 14.4. The van der Waals surface area contributed by atoms with E-state index in [1.54, 1.807) is 0 Å². The molecule has 1 amide bonds. The highest BCUT2D eigenvalue weighted by molar-refractivity contribution is 5.96. The summed E-state index contributed by atoms with van der Waals surface area (Å²) in [5.41, 5.74) is 2.90. The van der Waals surface area contributed by atoms with Crippen molar-refractivity contribution in [1.29, 1.82) is 0 Å². The van der Waals surface area contributed by atoms with Gasteiger partial charge in [0, 0.05) is 24.1 Å². The lowest BCUT2D eigenvalue weighted by Gasteiger charge is -2.26. The highest BCUT2D eigenvalue weighted by Gasteiger charge is 2.45. The molecular formula is C20H29ClN2O. The molecular weight excluding hydrogens is 320 g/mol. The van der Waals surface area contributed by atoms with Gasteiger partial charge >= 0.3 is 0 Å². The first-order valence-electron chi connectivity index (χ1n) is 9.39. The van der Waals surface area contributed by atoms with E-state index in [-0.39, 0.29) is 17.8 Å². The molecule has 1 saturated carbocycles. The summed E-state index contributed by atoms with van der Waals surface area (Å²) in [5.74, 6) is 1.08. The molecule has 1 N–H and O–H groups in total. The van der Waals surface area contributed by atoms with Crippen LogP contribution in [0, 0.1) is 5.92 Å². The van der Waals surface area contributed by atoms with E-state index < -0.39 is 0 Å². The number of carbonyl (C=O) groups excluding carboxylic acids is 1. The Bertz CT molecular complexity index is 577. The maximum absolute atomic E-state index is 12.9. The molecule has 24 heavy (non-hydrogen) atoms. The van der Waals surface area contributed by atoms with Crippen LogP contribution < -0.4 is 10.2 Å². The minimum atomic E-state index is 0. The molecule has 1 aliphatic carbocycles. The number of nitrogens with zero attached hydrogens (tertiary/aromatic N) is 1. The zero-order chi connectivity index (χ0) is 15.7. The third-order valence-corrected chi connectivity index (χ3v) is 6.31. The fraction of sp³-hybridized carbons (Fsp3) is 0.650. The van der Waals surface area contributed by atoms with Crippen molar-refractivity contribution < 1.29 is 4.79 Å². The van der Waals surface area contributed by atoms with Gasteiger partial charge in [0.1, 0.15) is 0 Å². The lowest BCUT2D eigenvalue weighted by atomic mass is 9.81. The van der Waals surface area contributed by atoms with Crippen molar-refractivity contribution >= 4 is 24.0 Å². The Morgan fingerprint density at radius 2 is 1.88 bits per heavy atom. The summed E-state index contributed by atoms with van der Waals surface area (Å²) in [6.07, 6.45) is 9.37. The molecule has 0 aromatic heterocycles. The first-order valence-corrected chi connectivity index (χ1v) is 9.39. The quantitative estimate of drug-likeness (QED) is 0.893. The Morgan fingerprint density at radius 1 is 1.17 bits per heavy atom. The van der Waals surface area contributed by atoms with Gasteiger partial charge in [-0.2, -0.15) is 0 Å². The van der Waals surface area contributed by atoms with E-state index in [1.807, 2.05) is 0 Å². The van der Waals surface area contributed by atoms with Crippen molar-refractivity contribution in [3.63, 3.8) is 0 Å². The molecule has 2 heterocycles. The molecule has 3 aliphatic rings. The van der Waals surface area contributed by atoms with E-state index in [0.717, 1.165) is 38.4 Å². The predicted octanol–water partition coefficient (Wildman–Crippen LogP) is 4.05. The van der Waals surface area contributed by atoms with Gasteiger partial charge in [-0.25, -0.2) is 0 Å². The highest BCUT2D eigenvalue weighted by Crippen LogP contribution is 2.50. The smallest absolute Gasteiger partial charge is 0.227 e. The van der Waals surface area contributed by atoms with Crippen LogP contribution in [0.15, 0.2) is 24.3 Å². The second-order valence-electron chi connectivity index (χ2n) is 7.72. The third kappa shape index (κ3) is 3.21. The van der Waals surface area contributed by atoms with Crippen LogP contribution in [0.4, 0.5) is 5.69 Å². The van der Waals surface area contributed by atoms with E-state index in [4.69, 9.17) is 0 Å². The number of piperidine rings is 1. The van der Waals surface area contributed by atoms with Crippen LogP contribution in [0.5, 0.6) is 0 Å². The Balaban J connectivity index is 0.00000169. The number of hydrogen-bond donors (Lipinski definition) is 1. The summed E-state index contributed by atoms with van der Waals surface area (Å²) >= 11 is 0. The van der Waals surface area contributed by atoms with Crippen LogP contribution in [-0.2, 0) is 10.2 Å². The minimum Gasteiger partial charge on any atom is -0.317 e. The zero-order valence-corrected chi connectivity index (χ0v) is 15.2. The van der Waals surface area contributed by atoms with Crippen LogP contribution in [0.25, 0.3) is 0 Å². The summed E-state index contributed by atoms with van der Waals surface area (Å²) in [4.78, 5) is 15.0. The number of carbonyl (C=O) groups is 1. The lowest BCUT2D eigenvalue weighted by molar-refractivity contribution is -0.119.